The summed E-state index contributed by atoms with van der Waals surface area (Å²) in [5, 5.41) is 9.48. The maximum absolute atomic E-state index is 12.8. The molecule has 5 rings (SSSR count). The predicted molar refractivity (Wildman–Crippen MR) is 129 cm³/mol. The zero-order valence-corrected chi connectivity index (χ0v) is 19.3. The lowest BCUT2D eigenvalue weighted by atomic mass is 10.1. The molecule has 1 aliphatic heterocycles. The number of nitrogens with zero attached hydrogens (tertiary/aromatic N) is 3. The fourth-order valence-electron chi connectivity index (χ4n) is 4.34. The van der Waals surface area contributed by atoms with Gasteiger partial charge < -0.3 is 10.2 Å². The number of carbonyl (C=O) groups is 2. The standard InChI is InChI=1S/C26H24ClN5O2/c27-22-16-29-31-23(22)25(33)30-24-20(13-19-14-21(19)26(34)32-10-4-5-11-32)12-18(15-28-24)9-8-17-6-2-1-3-7-17/h1-3,6-7,12,15-16,19,21H,4-5,10-11,13-14H2,(H,29,31)(H,28,30,33). The molecular weight excluding hydrogens is 450 g/mol. The highest BCUT2D eigenvalue weighted by molar-refractivity contribution is 6.34. The minimum absolute atomic E-state index is 0.0442. The number of pyridine rings is 1. The molecule has 8 heteroatoms. The van der Waals surface area contributed by atoms with Crippen molar-refractivity contribution in [1.82, 2.24) is 20.1 Å². The molecule has 3 heterocycles. The molecule has 1 saturated heterocycles. The highest BCUT2D eigenvalue weighted by Gasteiger charge is 2.45. The molecule has 1 aromatic carbocycles. The van der Waals surface area contributed by atoms with Crippen molar-refractivity contribution in [3.8, 4) is 11.8 Å². The first-order valence-electron chi connectivity index (χ1n) is 11.4. The van der Waals surface area contributed by atoms with Crippen molar-refractivity contribution in [3.05, 3.63) is 76.2 Å². The molecule has 1 saturated carbocycles. The van der Waals surface area contributed by atoms with E-state index in [4.69, 9.17) is 11.6 Å². The molecule has 0 bridgehead atoms. The van der Waals surface area contributed by atoms with Crippen LogP contribution < -0.4 is 5.32 Å². The van der Waals surface area contributed by atoms with E-state index in [2.05, 4.69) is 32.3 Å². The van der Waals surface area contributed by atoms with Crippen molar-refractivity contribution in [2.75, 3.05) is 18.4 Å². The Hall–Kier alpha value is -3.63. The van der Waals surface area contributed by atoms with Crippen LogP contribution in [0.3, 0.4) is 0 Å². The number of benzene rings is 1. The summed E-state index contributed by atoms with van der Waals surface area (Å²) in [6.45, 7) is 1.72. The number of hydrogen-bond donors (Lipinski definition) is 2. The van der Waals surface area contributed by atoms with Crippen molar-refractivity contribution in [2.24, 2.45) is 11.8 Å². The molecule has 2 unspecified atom stereocenters. The van der Waals surface area contributed by atoms with Gasteiger partial charge in [0.15, 0.2) is 0 Å². The number of nitrogens with one attached hydrogen (secondary N) is 2. The van der Waals surface area contributed by atoms with E-state index in [1.807, 2.05) is 41.3 Å². The number of H-pyrrole nitrogens is 1. The Kier molecular flexibility index (Phi) is 6.33. The van der Waals surface area contributed by atoms with Gasteiger partial charge in [-0.05, 0) is 55.4 Å². The van der Waals surface area contributed by atoms with Crippen LogP contribution in [0.5, 0.6) is 0 Å². The molecule has 2 fully saturated rings. The first kappa shape index (κ1) is 22.2. The first-order valence-corrected chi connectivity index (χ1v) is 11.8. The summed E-state index contributed by atoms with van der Waals surface area (Å²) >= 11 is 6.04. The monoisotopic (exact) mass is 473 g/mol. The van der Waals surface area contributed by atoms with Crippen molar-refractivity contribution < 1.29 is 9.59 Å². The zero-order valence-electron chi connectivity index (χ0n) is 18.6. The third-order valence-electron chi connectivity index (χ3n) is 6.28. The smallest absolute Gasteiger partial charge is 0.276 e. The molecule has 2 N–H and O–H groups in total. The van der Waals surface area contributed by atoms with Gasteiger partial charge in [0.25, 0.3) is 5.91 Å². The molecule has 7 nitrogen and oxygen atoms in total. The number of carbonyl (C=O) groups excluding carboxylic acids is 2. The van der Waals surface area contributed by atoms with E-state index in [1.54, 1.807) is 6.20 Å². The second kappa shape index (κ2) is 9.70. The predicted octanol–water partition coefficient (Wildman–Crippen LogP) is 3.91. The number of aromatic amines is 1. The molecule has 3 aromatic rings. The van der Waals surface area contributed by atoms with Crippen LogP contribution in [-0.4, -0.2) is 45.0 Å². The Morgan fingerprint density at radius 1 is 1.12 bits per heavy atom. The van der Waals surface area contributed by atoms with Crippen LogP contribution in [0.4, 0.5) is 5.82 Å². The Bertz CT molecular complexity index is 1270. The van der Waals surface area contributed by atoms with Gasteiger partial charge in [0.2, 0.25) is 5.91 Å². The molecule has 2 aliphatic rings. The topological polar surface area (TPSA) is 91.0 Å². The molecule has 172 valence electrons. The summed E-state index contributed by atoms with van der Waals surface area (Å²) in [6.07, 6.45) is 6.69. The van der Waals surface area contributed by atoms with E-state index in [-0.39, 0.29) is 28.5 Å². The van der Waals surface area contributed by atoms with Gasteiger partial charge >= 0.3 is 0 Å². The molecule has 2 aromatic heterocycles. The van der Waals surface area contributed by atoms with Crippen LogP contribution in [0, 0.1) is 23.7 Å². The van der Waals surface area contributed by atoms with Crippen molar-refractivity contribution in [3.63, 3.8) is 0 Å². The summed E-state index contributed by atoms with van der Waals surface area (Å²) < 4.78 is 0. The Labute approximate surface area is 202 Å². The molecule has 2 atom stereocenters. The molecule has 1 aliphatic carbocycles. The van der Waals surface area contributed by atoms with Crippen molar-refractivity contribution in [2.45, 2.75) is 25.7 Å². The van der Waals surface area contributed by atoms with Crippen LogP contribution in [0.25, 0.3) is 0 Å². The van der Waals surface area contributed by atoms with E-state index in [0.717, 1.165) is 49.0 Å². The number of halogens is 1. The maximum Gasteiger partial charge on any atom is 0.276 e. The van der Waals surface area contributed by atoms with Gasteiger partial charge in [-0.25, -0.2) is 4.98 Å². The Balaban J connectivity index is 1.37. The van der Waals surface area contributed by atoms with Crippen LogP contribution >= 0.6 is 11.6 Å². The number of aromatic nitrogens is 3. The summed E-state index contributed by atoms with van der Waals surface area (Å²) in [5.74, 6) is 6.86. The minimum Gasteiger partial charge on any atom is -0.342 e. The molecule has 0 spiro atoms. The summed E-state index contributed by atoms with van der Waals surface area (Å²) in [7, 11) is 0. The highest BCUT2D eigenvalue weighted by Crippen LogP contribution is 2.43. The lowest BCUT2D eigenvalue weighted by Gasteiger charge is -2.15. The number of hydrogen-bond acceptors (Lipinski definition) is 4. The van der Waals surface area contributed by atoms with Crippen LogP contribution in [0.2, 0.25) is 5.02 Å². The van der Waals surface area contributed by atoms with E-state index >= 15 is 0 Å². The summed E-state index contributed by atoms with van der Waals surface area (Å²) in [4.78, 5) is 32.0. The van der Waals surface area contributed by atoms with E-state index < -0.39 is 5.91 Å². The molecule has 34 heavy (non-hydrogen) atoms. The average molecular weight is 474 g/mol. The first-order chi connectivity index (χ1) is 16.6. The van der Waals surface area contributed by atoms with Gasteiger partial charge in [0.1, 0.15) is 11.5 Å². The number of anilines is 1. The quantitative estimate of drug-likeness (QED) is 0.549. The highest BCUT2D eigenvalue weighted by atomic mass is 35.5. The van der Waals surface area contributed by atoms with Crippen molar-refractivity contribution >= 4 is 29.2 Å². The van der Waals surface area contributed by atoms with Gasteiger partial charge in [-0.3, -0.25) is 14.7 Å². The Morgan fingerprint density at radius 2 is 1.88 bits per heavy atom. The normalized spacial score (nSPS) is 18.8. The SMILES string of the molecule is O=C(Nc1ncc(C#Cc2ccccc2)cc1CC1CC1C(=O)N1CCCC1)c1[nH]ncc1Cl. The van der Waals surface area contributed by atoms with Crippen LogP contribution in [0.1, 0.15) is 46.4 Å². The van der Waals surface area contributed by atoms with Gasteiger partial charge in [-0.2, -0.15) is 5.10 Å². The summed E-state index contributed by atoms with van der Waals surface area (Å²) in [6, 6.07) is 11.7. The summed E-state index contributed by atoms with van der Waals surface area (Å²) in [5.41, 5.74) is 2.69. The number of amides is 2. The minimum atomic E-state index is -0.417. The van der Waals surface area contributed by atoms with Gasteiger partial charge in [0.05, 0.1) is 11.2 Å². The second-order valence-electron chi connectivity index (χ2n) is 8.73. The second-order valence-corrected chi connectivity index (χ2v) is 9.14. The third kappa shape index (κ3) is 4.97. The third-order valence-corrected chi connectivity index (χ3v) is 6.57. The van der Waals surface area contributed by atoms with Gasteiger partial charge in [-0.15, -0.1) is 0 Å². The number of likely N-dealkylation sites (tertiary alicyclic amines) is 1. The lowest BCUT2D eigenvalue weighted by Crippen LogP contribution is -2.29. The van der Waals surface area contributed by atoms with E-state index in [9.17, 15) is 9.59 Å². The van der Waals surface area contributed by atoms with E-state index in [1.165, 1.54) is 6.20 Å². The zero-order chi connectivity index (χ0) is 23.5. The Morgan fingerprint density at radius 3 is 2.62 bits per heavy atom. The van der Waals surface area contributed by atoms with E-state index in [0.29, 0.717) is 12.2 Å². The van der Waals surface area contributed by atoms with Gasteiger partial charge in [-0.1, -0.05) is 41.6 Å². The molecule has 0 radical (unpaired) electrons. The van der Waals surface area contributed by atoms with Gasteiger partial charge in [0, 0.05) is 36.3 Å². The largest absolute Gasteiger partial charge is 0.342 e. The lowest BCUT2D eigenvalue weighted by molar-refractivity contribution is -0.131. The molecular formula is C26H24ClN5O2. The van der Waals surface area contributed by atoms with Crippen molar-refractivity contribution in [1.29, 1.82) is 0 Å². The van der Waals surface area contributed by atoms with Crippen LogP contribution in [-0.2, 0) is 11.2 Å². The number of rotatable bonds is 5. The average Bonchev–Trinajstić information content (AvgIpc) is 3.21. The maximum atomic E-state index is 12.8. The van der Waals surface area contributed by atoms with Crippen LogP contribution in [0.15, 0.2) is 48.8 Å². The molecule has 2 amide bonds. The fraction of sp³-hybridized carbons (Fsp3) is 0.308. The fourth-order valence-corrected chi connectivity index (χ4v) is 4.52.